The topological polar surface area (TPSA) is 56.1 Å². The number of hydrogen-bond acceptors (Lipinski definition) is 3. The zero-order valence-corrected chi connectivity index (χ0v) is 11.9. The van der Waals surface area contributed by atoms with Crippen LogP contribution in [0.1, 0.15) is 12.0 Å². The monoisotopic (exact) mass is 279 g/mol. The summed E-state index contributed by atoms with van der Waals surface area (Å²) >= 11 is 0. The zero-order chi connectivity index (χ0) is 15.1. The van der Waals surface area contributed by atoms with Crippen molar-refractivity contribution in [3.8, 4) is 6.07 Å². The second-order valence-corrected chi connectivity index (χ2v) is 4.75. The van der Waals surface area contributed by atoms with Gasteiger partial charge in [-0.25, -0.2) is 0 Å². The normalized spacial score (nSPS) is 9.71. The lowest BCUT2D eigenvalue weighted by molar-refractivity contribution is -0.116. The molecule has 0 aliphatic carbocycles. The van der Waals surface area contributed by atoms with Crippen LogP contribution < -0.4 is 10.2 Å². The summed E-state index contributed by atoms with van der Waals surface area (Å²) in [4.78, 5) is 14.0. The predicted molar refractivity (Wildman–Crippen MR) is 84.1 cm³/mol. The number of carbonyl (C=O) groups excluding carboxylic acids is 1. The molecule has 0 heterocycles. The SMILES string of the molecule is CN(CCC(=O)Nc1cccc(C#N)c1)c1ccccc1. The first kappa shape index (κ1) is 14.6. The van der Waals surface area contributed by atoms with Gasteiger partial charge in [-0.3, -0.25) is 4.79 Å². The van der Waals surface area contributed by atoms with Crippen molar-refractivity contribution < 1.29 is 4.79 Å². The van der Waals surface area contributed by atoms with Gasteiger partial charge in [0.25, 0.3) is 0 Å². The van der Waals surface area contributed by atoms with Crippen molar-refractivity contribution in [3.05, 3.63) is 60.2 Å². The Hall–Kier alpha value is -2.80. The third-order valence-electron chi connectivity index (χ3n) is 3.15. The second kappa shape index (κ2) is 7.11. The van der Waals surface area contributed by atoms with E-state index in [9.17, 15) is 4.79 Å². The van der Waals surface area contributed by atoms with Gasteiger partial charge in [0.1, 0.15) is 0 Å². The van der Waals surface area contributed by atoms with Gasteiger partial charge in [0.2, 0.25) is 5.91 Å². The summed E-state index contributed by atoms with van der Waals surface area (Å²) in [5, 5.41) is 11.6. The average Bonchev–Trinajstić information content (AvgIpc) is 2.53. The van der Waals surface area contributed by atoms with Crippen molar-refractivity contribution in [2.24, 2.45) is 0 Å². The number of nitrogens with zero attached hydrogens (tertiary/aromatic N) is 2. The molecule has 0 bridgehead atoms. The molecule has 0 atom stereocenters. The molecule has 4 nitrogen and oxygen atoms in total. The number of anilines is 2. The maximum absolute atomic E-state index is 11.9. The van der Waals surface area contributed by atoms with Crippen LogP contribution in [0.4, 0.5) is 11.4 Å². The lowest BCUT2D eigenvalue weighted by atomic mass is 10.2. The molecule has 0 aliphatic rings. The molecule has 106 valence electrons. The summed E-state index contributed by atoms with van der Waals surface area (Å²) in [5.74, 6) is -0.0622. The maximum Gasteiger partial charge on any atom is 0.226 e. The van der Waals surface area contributed by atoms with Crippen LogP contribution >= 0.6 is 0 Å². The van der Waals surface area contributed by atoms with Gasteiger partial charge in [-0.1, -0.05) is 24.3 Å². The van der Waals surface area contributed by atoms with Gasteiger partial charge in [-0.15, -0.1) is 0 Å². The first-order chi connectivity index (χ1) is 10.2. The van der Waals surface area contributed by atoms with Gasteiger partial charge in [0.05, 0.1) is 11.6 Å². The van der Waals surface area contributed by atoms with E-state index in [1.54, 1.807) is 24.3 Å². The Labute approximate surface area is 124 Å². The standard InChI is InChI=1S/C17H17N3O/c1-20(16-8-3-2-4-9-16)11-10-17(21)19-15-7-5-6-14(12-15)13-18/h2-9,12H,10-11H2,1H3,(H,19,21). The lowest BCUT2D eigenvalue weighted by Gasteiger charge is -2.18. The Bertz CT molecular complexity index is 647. The van der Waals surface area contributed by atoms with Crippen LogP contribution in [0, 0.1) is 11.3 Å². The number of para-hydroxylation sites is 1. The molecule has 0 saturated heterocycles. The molecular formula is C17H17N3O. The molecule has 1 N–H and O–H groups in total. The zero-order valence-electron chi connectivity index (χ0n) is 11.9. The van der Waals surface area contributed by atoms with E-state index in [0.29, 0.717) is 24.2 Å². The molecule has 0 aromatic heterocycles. The highest BCUT2D eigenvalue weighted by Gasteiger charge is 2.06. The minimum atomic E-state index is -0.0622. The fourth-order valence-electron chi connectivity index (χ4n) is 1.97. The fourth-order valence-corrected chi connectivity index (χ4v) is 1.97. The van der Waals surface area contributed by atoms with Crippen LogP contribution in [0.5, 0.6) is 0 Å². The van der Waals surface area contributed by atoms with Crippen molar-refractivity contribution in [3.63, 3.8) is 0 Å². The maximum atomic E-state index is 11.9. The Morgan fingerprint density at radius 3 is 2.67 bits per heavy atom. The van der Waals surface area contributed by atoms with Crippen molar-refractivity contribution >= 4 is 17.3 Å². The van der Waals surface area contributed by atoms with Gasteiger partial charge in [0, 0.05) is 31.4 Å². The van der Waals surface area contributed by atoms with E-state index in [-0.39, 0.29) is 5.91 Å². The molecule has 0 unspecified atom stereocenters. The van der Waals surface area contributed by atoms with E-state index < -0.39 is 0 Å². The molecule has 1 amide bonds. The van der Waals surface area contributed by atoms with E-state index >= 15 is 0 Å². The van der Waals surface area contributed by atoms with Gasteiger partial charge in [-0.2, -0.15) is 5.26 Å². The molecule has 0 aliphatic heterocycles. The summed E-state index contributed by atoms with van der Waals surface area (Å²) < 4.78 is 0. The Morgan fingerprint density at radius 2 is 1.95 bits per heavy atom. The van der Waals surface area contributed by atoms with Gasteiger partial charge < -0.3 is 10.2 Å². The van der Waals surface area contributed by atoms with Crippen LogP contribution in [-0.2, 0) is 4.79 Å². The molecule has 2 aromatic rings. The van der Waals surface area contributed by atoms with Crippen LogP contribution in [-0.4, -0.2) is 19.5 Å². The largest absolute Gasteiger partial charge is 0.374 e. The molecule has 0 saturated carbocycles. The van der Waals surface area contributed by atoms with Crippen LogP contribution in [0.3, 0.4) is 0 Å². The van der Waals surface area contributed by atoms with Crippen molar-refractivity contribution in [1.82, 2.24) is 0 Å². The number of amides is 1. The highest BCUT2D eigenvalue weighted by atomic mass is 16.1. The molecule has 21 heavy (non-hydrogen) atoms. The fraction of sp³-hybridized carbons (Fsp3) is 0.176. The molecule has 0 spiro atoms. The van der Waals surface area contributed by atoms with Crippen LogP contribution in [0.2, 0.25) is 0 Å². The van der Waals surface area contributed by atoms with Crippen LogP contribution in [0.15, 0.2) is 54.6 Å². The summed E-state index contributed by atoms with van der Waals surface area (Å²) in [7, 11) is 1.96. The third kappa shape index (κ3) is 4.36. The van der Waals surface area contributed by atoms with Gasteiger partial charge in [-0.05, 0) is 30.3 Å². The highest BCUT2D eigenvalue weighted by Crippen LogP contribution is 2.12. The number of benzene rings is 2. The Kier molecular flexibility index (Phi) is 4.94. The molecule has 2 aromatic carbocycles. The van der Waals surface area contributed by atoms with E-state index in [2.05, 4.69) is 11.4 Å². The second-order valence-electron chi connectivity index (χ2n) is 4.75. The number of nitrogens with one attached hydrogen (secondary N) is 1. The van der Waals surface area contributed by atoms with Gasteiger partial charge in [0.15, 0.2) is 0 Å². The minimum Gasteiger partial charge on any atom is -0.374 e. The summed E-state index contributed by atoms with van der Waals surface area (Å²) in [6, 6.07) is 18.9. The van der Waals surface area contributed by atoms with Crippen molar-refractivity contribution in [2.45, 2.75) is 6.42 Å². The Balaban J connectivity index is 1.86. The number of rotatable bonds is 5. The smallest absolute Gasteiger partial charge is 0.226 e. The average molecular weight is 279 g/mol. The van der Waals surface area contributed by atoms with E-state index in [4.69, 9.17) is 5.26 Å². The third-order valence-corrected chi connectivity index (χ3v) is 3.15. The molecule has 0 radical (unpaired) electrons. The minimum absolute atomic E-state index is 0.0622. The van der Waals surface area contributed by atoms with Gasteiger partial charge >= 0.3 is 0 Å². The number of carbonyl (C=O) groups is 1. The summed E-state index contributed by atoms with van der Waals surface area (Å²) in [6.07, 6.45) is 0.391. The first-order valence-corrected chi connectivity index (χ1v) is 6.75. The van der Waals surface area contributed by atoms with Crippen molar-refractivity contribution in [2.75, 3.05) is 23.8 Å². The quantitative estimate of drug-likeness (QED) is 0.915. The molecule has 0 fully saturated rings. The Morgan fingerprint density at radius 1 is 1.19 bits per heavy atom. The highest BCUT2D eigenvalue weighted by molar-refractivity contribution is 5.91. The van der Waals surface area contributed by atoms with E-state index in [1.807, 2.05) is 42.3 Å². The molecular weight excluding hydrogens is 262 g/mol. The molecule has 2 rings (SSSR count). The lowest BCUT2D eigenvalue weighted by Crippen LogP contribution is -2.23. The first-order valence-electron chi connectivity index (χ1n) is 6.75. The number of hydrogen-bond donors (Lipinski definition) is 1. The predicted octanol–water partition coefficient (Wildman–Crippen LogP) is 3.02. The summed E-state index contributed by atoms with van der Waals surface area (Å²) in [6.45, 7) is 0.633. The number of nitriles is 1. The van der Waals surface area contributed by atoms with Crippen molar-refractivity contribution in [1.29, 1.82) is 5.26 Å². The van der Waals surface area contributed by atoms with Crippen LogP contribution in [0.25, 0.3) is 0 Å². The molecule has 4 heteroatoms. The van der Waals surface area contributed by atoms with E-state index in [0.717, 1.165) is 5.69 Å². The van der Waals surface area contributed by atoms with E-state index in [1.165, 1.54) is 0 Å². The summed E-state index contributed by atoms with van der Waals surface area (Å²) in [5.41, 5.74) is 2.27.